The third kappa shape index (κ3) is 3.59. The average molecular weight is 350 g/mol. The molecule has 1 saturated heterocycles. The molecule has 1 aliphatic heterocycles. The van der Waals surface area contributed by atoms with E-state index in [2.05, 4.69) is 45.1 Å². The van der Waals surface area contributed by atoms with E-state index in [-0.39, 0.29) is 0 Å². The maximum Gasteiger partial charge on any atom is 0.137 e. The number of hydrogen-bond acceptors (Lipinski definition) is 4. The lowest BCUT2D eigenvalue weighted by atomic mass is 10.1. The van der Waals surface area contributed by atoms with E-state index >= 15 is 0 Å². The summed E-state index contributed by atoms with van der Waals surface area (Å²) in [5.41, 5.74) is 4.46. The highest BCUT2D eigenvalue weighted by molar-refractivity contribution is 5.67. The van der Waals surface area contributed by atoms with Crippen molar-refractivity contribution in [2.75, 3.05) is 32.8 Å². The normalized spacial score (nSPS) is 15.9. The molecule has 3 aromatic rings. The van der Waals surface area contributed by atoms with Gasteiger partial charge >= 0.3 is 0 Å². The molecular weight excluding hydrogens is 324 g/mol. The number of fused-ring (bicyclic) bond motifs is 1. The van der Waals surface area contributed by atoms with Crippen LogP contribution >= 0.6 is 0 Å². The number of rotatable bonds is 5. The van der Waals surface area contributed by atoms with Gasteiger partial charge in [-0.3, -0.25) is 4.90 Å². The van der Waals surface area contributed by atoms with Crippen LogP contribution in [0, 0.1) is 0 Å². The van der Waals surface area contributed by atoms with E-state index in [9.17, 15) is 0 Å². The Bertz CT molecular complexity index is 848. The van der Waals surface area contributed by atoms with Crippen molar-refractivity contribution in [3.8, 4) is 17.0 Å². The Balaban J connectivity index is 1.71. The molecule has 3 heterocycles. The maximum absolute atomic E-state index is 5.58. The molecule has 0 unspecified atom stereocenters. The smallest absolute Gasteiger partial charge is 0.137 e. The minimum Gasteiger partial charge on any atom is -0.494 e. The van der Waals surface area contributed by atoms with Crippen molar-refractivity contribution in [1.29, 1.82) is 0 Å². The summed E-state index contributed by atoms with van der Waals surface area (Å²) >= 11 is 0. The predicted octanol–water partition coefficient (Wildman–Crippen LogP) is 3.20. The number of pyridine rings is 1. The zero-order valence-electron chi connectivity index (χ0n) is 15.3. The number of nitrogens with one attached hydrogen (secondary N) is 1. The molecule has 0 spiro atoms. The number of nitrogens with zero attached hydrogens (tertiary/aromatic N) is 3. The summed E-state index contributed by atoms with van der Waals surface area (Å²) in [5.74, 6) is 0.903. The van der Waals surface area contributed by atoms with Gasteiger partial charge in [-0.25, -0.2) is 4.98 Å². The number of hydrogen-bond donors (Lipinski definition) is 1. The molecule has 1 N–H and O–H groups in total. The molecule has 0 atom stereocenters. The van der Waals surface area contributed by atoms with E-state index in [0.717, 1.165) is 55.4 Å². The third-order valence-corrected chi connectivity index (χ3v) is 4.87. The molecule has 1 aliphatic rings. The predicted molar refractivity (Wildman–Crippen MR) is 105 cm³/mol. The van der Waals surface area contributed by atoms with Crippen LogP contribution in [-0.4, -0.2) is 47.1 Å². The molecule has 1 aromatic carbocycles. The van der Waals surface area contributed by atoms with Crippen molar-refractivity contribution in [3.63, 3.8) is 0 Å². The maximum atomic E-state index is 5.58. The highest BCUT2D eigenvalue weighted by Gasteiger charge is 2.18. The number of imidazole rings is 1. The standard InChI is InChI=1S/C21H26N4O/c1-2-26-18-9-7-17(8-10-18)21-19(16-24-13-5-11-22-12-15-24)25-14-4-3-6-20(25)23-21/h3-4,6-10,14,22H,2,5,11-13,15-16H2,1H3. The van der Waals surface area contributed by atoms with Crippen LogP contribution in [0.25, 0.3) is 16.9 Å². The minimum atomic E-state index is 0.682. The lowest BCUT2D eigenvalue weighted by Gasteiger charge is -2.20. The van der Waals surface area contributed by atoms with Crippen molar-refractivity contribution in [2.24, 2.45) is 0 Å². The molecule has 26 heavy (non-hydrogen) atoms. The van der Waals surface area contributed by atoms with Crippen LogP contribution in [0.3, 0.4) is 0 Å². The van der Waals surface area contributed by atoms with E-state index < -0.39 is 0 Å². The van der Waals surface area contributed by atoms with Gasteiger partial charge in [-0.05, 0) is 62.8 Å². The van der Waals surface area contributed by atoms with Gasteiger partial charge < -0.3 is 14.5 Å². The van der Waals surface area contributed by atoms with Gasteiger partial charge in [0.25, 0.3) is 0 Å². The topological polar surface area (TPSA) is 41.8 Å². The fourth-order valence-corrected chi connectivity index (χ4v) is 3.58. The van der Waals surface area contributed by atoms with Crippen LogP contribution in [-0.2, 0) is 6.54 Å². The van der Waals surface area contributed by atoms with Crippen LogP contribution in [0.5, 0.6) is 5.75 Å². The molecule has 1 fully saturated rings. The highest BCUT2D eigenvalue weighted by Crippen LogP contribution is 2.27. The molecule has 0 saturated carbocycles. The molecule has 4 rings (SSSR count). The van der Waals surface area contributed by atoms with Crippen molar-refractivity contribution in [3.05, 3.63) is 54.4 Å². The summed E-state index contributed by atoms with van der Waals surface area (Å²) in [4.78, 5) is 7.45. The Morgan fingerprint density at radius 3 is 2.81 bits per heavy atom. The fourth-order valence-electron chi connectivity index (χ4n) is 3.58. The van der Waals surface area contributed by atoms with E-state index in [0.29, 0.717) is 6.61 Å². The van der Waals surface area contributed by atoms with Crippen LogP contribution < -0.4 is 10.1 Å². The van der Waals surface area contributed by atoms with Crippen LogP contribution in [0.4, 0.5) is 0 Å². The lowest BCUT2D eigenvalue weighted by molar-refractivity contribution is 0.281. The Kier molecular flexibility index (Phi) is 5.18. The van der Waals surface area contributed by atoms with Crippen LogP contribution in [0.2, 0.25) is 0 Å². The molecule has 0 bridgehead atoms. The number of aromatic nitrogens is 2. The number of ether oxygens (including phenoxy) is 1. The Labute approximate surface area is 154 Å². The summed E-state index contributed by atoms with van der Waals surface area (Å²) in [6.45, 7) is 7.95. The lowest BCUT2D eigenvalue weighted by Crippen LogP contribution is -2.28. The van der Waals surface area contributed by atoms with Crippen molar-refractivity contribution in [1.82, 2.24) is 19.6 Å². The first-order valence-corrected chi connectivity index (χ1v) is 9.47. The van der Waals surface area contributed by atoms with E-state index in [1.807, 2.05) is 25.1 Å². The Morgan fingerprint density at radius 2 is 1.96 bits per heavy atom. The molecule has 5 nitrogen and oxygen atoms in total. The van der Waals surface area contributed by atoms with E-state index in [1.54, 1.807) is 0 Å². The average Bonchev–Trinajstić information content (AvgIpc) is 2.84. The Hall–Kier alpha value is -2.37. The fraction of sp³-hybridized carbons (Fsp3) is 0.381. The molecule has 0 radical (unpaired) electrons. The molecule has 0 amide bonds. The summed E-state index contributed by atoms with van der Waals surface area (Å²) in [7, 11) is 0. The molecule has 2 aromatic heterocycles. The molecule has 5 heteroatoms. The van der Waals surface area contributed by atoms with Gasteiger partial charge in [0.2, 0.25) is 0 Å². The highest BCUT2D eigenvalue weighted by atomic mass is 16.5. The van der Waals surface area contributed by atoms with Gasteiger partial charge in [0.1, 0.15) is 11.4 Å². The summed E-state index contributed by atoms with van der Waals surface area (Å²) in [6.07, 6.45) is 3.31. The zero-order valence-corrected chi connectivity index (χ0v) is 15.3. The number of benzene rings is 1. The van der Waals surface area contributed by atoms with Crippen molar-refractivity contribution in [2.45, 2.75) is 19.9 Å². The third-order valence-electron chi connectivity index (χ3n) is 4.87. The van der Waals surface area contributed by atoms with Crippen molar-refractivity contribution >= 4 is 5.65 Å². The molecule has 0 aliphatic carbocycles. The first kappa shape index (κ1) is 17.1. The van der Waals surface area contributed by atoms with Gasteiger partial charge in [-0.2, -0.15) is 0 Å². The second-order valence-corrected chi connectivity index (χ2v) is 6.67. The van der Waals surface area contributed by atoms with Gasteiger partial charge in [-0.1, -0.05) is 6.07 Å². The second-order valence-electron chi connectivity index (χ2n) is 6.67. The first-order valence-electron chi connectivity index (χ1n) is 9.47. The van der Waals surface area contributed by atoms with Crippen molar-refractivity contribution < 1.29 is 4.74 Å². The van der Waals surface area contributed by atoms with Crippen LogP contribution in [0.1, 0.15) is 19.0 Å². The molecule has 136 valence electrons. The summed E-state index contributed by atoms with van der Waals surface area (Å²) in [6, 6.07) is 14.5. The van der Waals surface area contributed by atoms with E-state index in [4.69, 9.17) is 9.72 Å². The largest absolute Gasteiger partial charge is 0.494 e. The van der Waals surface area contributed by atoms with Gasteiger partial charge in [-0.15, -0.1) is 0 Å². The Morgan fingerprint density at radius 1 is 1.08 bits per heavy atom. The van der Waals surface area contributed by atoms with Gasteiger partial charge in [0.15, 0.2) is 0 Å². The summed E-state index contributed by atoms with van der Waals surface area (Å²) < 4.78 is 7.81. The monoisotopic (exact) mass is 350 g/mol. The molecular formula is C21H26N4O. The zero-order chi connectivity index (χ0) is 17.8. The van der Waals surface area contributed by atoms with Gasteiger partial charge in [0, 0.05) is 31.4 Å². The quantitative estimate of drug-likeness (QED) is 0.767. The summed E-state index contributed by atoms with van der Waals surface area (Å²) in [5, 5.41) is 3.48. The first-order chi connectivity index (χ1) is 12.8. The van der Waals surface area contributed by atoms with Gasteiger partial charge in [0.05, 0.1) is 18.0 Å². The second kappa shape index (κ2) is 7.89. The minimum absolute atomic E-state index is 0.682. The SMILES string of the molecule is CCOc1ccc(-c2nc3ccccn3c2CN2CCCNCC2)cc1. The van der Waals surface area contributed by atoms with E-state index in [1.165, 1.54) is 12.1 Å². The van der Waals surface area contributed by atoms with Crippen LogP contribution in [0.15, 0.2) is 48.7 Å².